The first-order valence-electron chi connectivity index (χ1n) is 12.0. The van der Waals surface area contributed by atoms with Crippen LogP contribution in [0, 0.1) is 22.0 Å². The smallest absolute Gasteiger partial charge is 0.271 e. The van der Waals surface area contributed by atoms with Crippen LogP contribution in [0.15, 0.2) is 30.6 Å². The van der Waals surface area contributed by atoms with E-state index in [2.05, 4.69) is 25.5 Å². The number of carbonyl (C=O) groups is 1. The van der Waals surface area contributed by atoms with Gasteiger partial charge in [-0.2, -0.15) is 0 Å². The van der Waals surface area contributed by atoms with E-state index in [1.165, 1.54) is 62.7 Å². The third-order valence-corrected chi connectivity index (χ3v) is 7.10. The average molecular weight is 487 g/mol. The lowest BCUT2D eigenvalue weighted by Crippen LogP contribution is -2.35. The molecule has 0 bridgehead atoms. The quantitative estimate of drug-likeness (QED) is 0.411. The number of benzene rings is 1. The lowest BCUT2D eigenvalue weighted by molar-refractivity contribution is -0.384. The summed E-state index contributed by atoms with van der Waals surface area (Å²) in [5.74, 6) is 1.35. The number of hydrogen-bond donors (Lipinski definition) is 2. The second kappa shape index (κ2) is 11.6. The Morgan fingerprint density at radius 3 is 2.53 bits per heavy atom. The van der Waals surface area contributed by atoms with Gasteiger partial charge in [0.2, 0.25) is 0 Å². The van der Waals surface area contributed by atoms with E-state index in [1.807, 2.05) is 0 Å². The number of piperidine rings is 2. The number of nitro groups is 1. The van der Waals surface area contributed by atoms with Crippen LogP contribution in [0.4, 0.5) is 17.2 Å². The van der Waals surface area contributed by atoms with Crippen molar-refractivity contribution in [3.05, 3.63) is 51.4 Å². The van der Waals surface area contributed by atoms with Crippen molar-refractivity contribution in [3.8, 4) is 0 Å². The van der Waals surface area contributed by atoms with Gasteiger partial charge in [-0.05, 0) is 56.7 Å². The third kappa shape index (κ3) is 6.42. The number of aromatic nitrogens is 2. The van der Waals surface area contributed by atoms with Crippen LogP contribution in [0.5, 0.6) is 0 Å². The molecule has 0 spiro atoms. The maximum atomic E-state index is 13.0. The molecular formula is C24H31ClN6O3. The maximum absolute atomic E-state index is 13.0. The van der Waals surface area contributed by atoms with Gasteiger partial charge in [0, 0.05) is 25.2 Å². The van der Waals surface area contributed by atoms with Gasteiger partial charge in [0.25, 0.3) is 11.6 Å². The van der Waals surface area contributed by atoms with E-state index in [-0.39, 0.29) is 16.7 Å². The lowest BCUT2D eigenvalue weighted by Gasteiger charge is -2.34. The number of hydrogen-bond acceptors (Lipinski definition) is 7. The summed E-state index contributed by atoms with van der Waals surface area (Å²) in [5, 5.41) is 17.7. The Morgan fingerprint density at radius 2 is 1.85 bits per heavy atom. The molecule has 0 atom stereocenters. The summed E-state index contributed by atoms with van der Waals surface area (Å²) in [7, 11) is 0. The zero-order valence-electron chi connectivity index (χ0n) is 19.2. The van der Waals surface area contributed by atoms with E-state index in [9.17, 15) is 14.9 Å². The highest BCUT2D eigenvalue weighted by atomic mass is 35.5. The first kappa shape index (κ1) is 24.3. The van der Waals surface area contributed by atoms with Crippen molar-refractivity contribution in [2.45, 2.75) is 44.9 Å². The highest BCUT2D eigenvalue weighted by Crippen LogP contribution is 2.32. The largest absolute Gasteiger partial charge is 0.371 e. The number of rotatable bonds is 8. The van der Waals surface area contributed by atoms with E-state index < -0.39 is 10.8 Å². The van der Waals surface area contributed by atoms with Crippen LogP contribution in [0.1, 0.15) is 55.3 Å². The number of nitrogens with one attached hydrogen (secondary N) is 2. The third-order valence-electron chi connectivity index (χ3n) is 6.92. The van der Waals surface area contributed by atoms with E-state index in [0.717, 1.165) is 44.9 Å². The zero-order valence-corrected chi connectivity index (χ0v) is 20.0. The van der Waals surface area contributed by atoms with Crippen molar-refractivity contribution in [1.82, 2.24) is 15.3 Å². The molecule has 2 N–H and O–H groups in total. The first-order chi connectivity index (χ1) is 16.5. The average Bonchev–Trinajstić information content (AvgIpc) is 2.85. The fourth-order valence-electron chi connectivity index (χ4n) is 5.00. The van der Waals surface area contributed by atoms with E-state index in [4.69, 9.17) is 11.6 Å². The van der Waals surface area contributed by atoms with Crippen molar-refractivity contribution >= 4 is 34.7 Å². The summed E-state index contributed by atoms with van der Waals surface area (Å²) in [4.78, 5) is 34.0. The molecule has 0 radical (unpaired) electrons. The molecular weight excluding hydrogens is 456 g/mol. The van der Waals surface area contributed by atoms with Crippen molar-refractivity contribution in [3.63, 3.8) is 0 Å². The van der Waals surface area contributed by atoms with Crippen molar-refractivity contribution in [2.24, 2.45) is 11.8 Å². The van der Waals surface area contributed by atoms with E-state index >= 15 is 0 Å². The number of nitrogens with zero attached hydrogens (tertiary/aromatic N) is 4. The second-order valence-electron chi connectivity index (χ2n) is 9.19. The first-order valence-corrected chi connectivity index (χ1v) is 12.4. The normalized spacial score (nSPS) is 17.5. The van der Waals surface area contributed by atoms with Crippen molar-refractivity contribution in [2.75, 3.05) is 36.4 Å². The summed E-state index contributed by atoms with van der Waals surface area (Å²) in [6, 6.07) is 4.36. The van der Waals surface area contributed by atoms with Gasteiger partial charge in [0.15, 0.2) is 5.82 Å². The molecule has 2 aliphatic heterocycles. The molecule has 0 unspecified atom stereocenters. The Hall–Kier alpha value is -2.78. The van der Waals surface area contributed by atoms with Gasteiger partial charge in [-0.15, -0.1) is 0 Å². The minimum atomic E-state index is -0.429. The molecule has 10 heteroatoms. The minimum absolute atomic E-state index is 0.0295. The molecule has 34 heavy (non-hydrogen) atoms. The van der Waals surface area contributed by atoms with Crippen LogP contribution in [0.3, 0.4) is 0 Å². The molecule has 9 nitrogen and oxygen atoms in total. The molecule has 2 aliphatic rings. The van der Waals surface area contributed by atoms with Gasteiger partial charge in [-0.25, -0.2) is 4.98 Å². The summed E-state index contributed by atoms with van der Waals surface area (Å²) in [5.41, 5.74) is 0.921. The summed E-state index contributed by atoms with van der Waals surface area (Å²) in [6.45, 7) is 3.84. The minimum Gasteiger partial charge on any atom is -0.371 e. The molecule has 2 aromatic rings. The molecule has 2 fully saturated rings. The molecule has 4 rings (SSSR count). The molecule has 182 valence electrons. The van der Waals surface area contributed by atoms with Gasteiger partial charge in [0.1, 0.15) is 5.15 Å². The Bertz CT molecular complexity index is 1010. The molecule has 0 saturated carbocycles. The Kier molecular flexibility index (Phi) is 8.29. The zero-order chi connectivity index (χ0) is 23.9. The molecule has 0 aliphatic carbocycles. The number of halogens is 1. The number of carbonyl (C=O) groups excluding carboxylic acids is 1. The van der Waals surface area contributed by atoms with Crippen LogP contribution < -0.4 is 15.5 Å². The summed E-state index contributed by atoms with van der Waals surface area (Å²) >= 11 is 5.87. The van der Waals surface area contributed by atoms with Gasteiger partial charge >= 0.3 is 0 Å². The summed E-state index contributed by atoms with van der Waals surface area (Å²) in [6.07, 6.45) is 11.2. The van der Waals surface area contributed by atoms with Crippen molar-refractivity contribution in [1.29, 1.82) is 0 Å². The van der Waals surface area contributed by atoms with Crippen LogP contribution in [-0.4, -0.2) is 47.0 Å². The topological polar surface area (TPSA) is 113 Å². The van der Waals surface area contributed by atoms with Gasteiger partial charge in [-0.3, -0.25) is 19.9 Å². The molecule has 1 amide bonds. The standard InChI is InChI=1S/C24H31ClN6O3/c25-22-15-27-16-23(28-22)29-24(32)20-5-4-19(31(33)34)14-21(20)30-12-8-18(9-13-30)3-1-2-17-6-10-26-11-7-17/h4-5,14-18,26H,1-3,6-13H2,(H,28,29,32). The van der Waals surface area contributed by atoms with Gasteiger partial charge in [-0.1, -0.05) is 30.9 Å². The van der Waals surface area contributed by atoms with Crippen molar-refractivity contribution < 1.29 is 9.72 Å². The van der Waals surface area contributed by atoms with Crippen LogP contribution in [-0.2, 0) is 0 Å². The highest BCUT2D eigenvalue weighted by molar-refractivity contribution is 6.29. The number of nitro benzene ring substituents is 1. The van der Waals surface area contributed by atoms with Gasteiger partial charge < -0.3 is 15.5 Å². The Balaban J connectivity index is 1.39. The molecule has 3 heterocycles. The molecule has 1 aromatic carbocycles. The fraction of sp³-hybridized carbons (Fsp3) is 0.542. The number of amides is 1. The maximum Gasteiger partial charge on any atom is 0.271 e. The number of anilines is 2. The van der Waals surface area contributed by atoms with E-state index in [0.29, 0.717) is 17.2 Å². The monoisotopic (exact) mass is 486 g/mol. The molecule has 1 aromatic heterocycles. The SMILES string of the molecule is O=C(Nc1cncc(Cl)n1)c1ccc([N+](=O)[O-])cc1N1CCC(CCCC2CCNCC2)CC1. The van der Waals surface area contributed by atoms with Gasteiger partial charge in [0.05, 0.1) is 28.6 Å². The predicted octanol–water partition coefficient (Wildman–Crippen LogP) is 4.68. The van der Waals surface area contributed by atoms with Crippen LogP contribution >= 0.6 is 11.6 Å². The van der Waals surface area contributed by atoms with Crippen LogP contribution in [0.25, 0.3) is 0 Å². The number of non-ortho nitro benzene ring substituents is 1. The Labute approximate surface area is 204 Å². The van der Waals surface area contributed by atoms with E-state index in [1.54, 1.807) is 0 Å². The predicted molar refractivity (Wildman–Crippen MR) is 132 cm³/mol. The van der Waals surface area contributed by atoms with Crippen LogP contribution in [0.2, 0.25) is 5.15 Å². The second-order valence-corrected chi connectivity index (χ2v) is 9.58. The highest BCUT2D eigenvalue weighted by Gasteiger charge is 2.25. The lowest BCUT2D eigenvalue weighted by atomic mass is 9.87. The Morgan fingerprint density at radius 1 is 1.15 bits per heavy atom. The summed E-state index contributed by atoms with van der Waals surface area (Å²) < 4.78 is 0. The molecule has 2 saturated heterocycles. The fourth-order valence-corrected chi connectivity index (χ4v) is 5.15.